The number of imide groups is 1. The van der Waals surface area contributed by atoms with Gasteiger partial charge in [-0.1, -0.05) is 30.3 Å². The topological polar surface area (TPSA) is 49.4 Å². The minimum atomic E-state index is -0.189. The van der Waals surface area contributed by atoms with E-state index in [1.807, 2.05) is 6.07 Å². The second kappa shape index (κ2) is 7.74. The van der Waals surface area contributed by atoms with Gasteiger partial charge in [-0.25, -0.2) is 0 Å². The molecule has 1 aliphatic heterocycles. The number of rotatable bonds is 8. The molecule has 4 heteroatoms. The summed E-state index contributed by atoms with van der Waals surface area (Å²) in [6, 6.07) is 10.8. The maximum absolute atomic E-state index is 11.4. The Labute approximate surface area is 125 Å². The number of nitrogens with one attached hydrogen (secondary N) is 1. The van der Waals surface area contributed by atoms with Gasteiger partial charge in [0, 0.05) is 24.7 Å². The van der Waals surface area contributed by atoms with Crippen molar-refractivity contribution in [2.45, 2.75) is 32.2 Å². The van der Waals surface area contributed by atoms with E-state index in [4.69, 9.17) is 0 Å². The van der Waals surface area contributed by atoms with Crippen LogP contribution in [-0.4, -0.2) is 35.8 Å². The second-order valence-electron chi connectivity index (χ2n) is 5.41. The molecular formula is C17H22N2O2. The number of amides is 2. The highest BCUT2D eigenvalue weighted by Gasteiger charge is 2.22. The van der Waals surface area contributed by atoms with Crippen molar-refractivity contribution < 1.29 is 9.59 Å². The molecule has 2 amide bonds. The molecule has 1 heterocycles. The van der Waals surface area contributed by atoms with Gasteiger partial charge in [-0.05, 0) is 38.3 Å². The third-order valence-corrected chi connectivity index (χ3v) is 3.59. The molecule has 1 atom stereocenters. The predicted molar refractivity (Wildman–Crippen MR) is 82.7 cm³/mol. The van der Waals surface area contributed by atoms with E-state index in [1.165, 1.54) is 22.6 Å². The van der Waals surface area contributed by atoms with E-state index < -0.39 is 0 Å². The van der Waals surface area contributed by atoms with Gasteiger partial charge in [0.05, 0.1) is 0 Å². The summed E-state index contributed by atoms with van der Waals surface area (Å²) in [5, 5.41) is 3.47. The number of nitrogens with zero attached hydrogens (tertiary/aromatic N) is 1. The van der Waals surface area contributed by atoms with Gasteiger partial charge in [0.15, 0.2) is 0 Å². The first-order valence-corrected chi connectivity index (χ1v) is 7.47. The first-order chi connectivity index (χ1) is 10.2. The molecule has 0 saturated carbocycles. The van der Waals surface area contributed by atoms with Crippen LogP contribution in [0.2, 0.25) is 0 Å². The summed E-state index contributed by atoms with van der Waals surface area (Å²) < 4.78 is 0. The van der Waals surface area contributed by atoms with Crippen LogP contribution in [-0.2, 0) is 16.0 Å². The highest BCUT2D eigenvalue weighted by molar-refractivity contribution is 6.12. The standard InChI is InChI=1S/C17H22N2O2/c1-14(13-15-7-3-2-4-8-15)18-11-5-6-12-19-16(20)9-10-17(19)21/h2-4,7-10,14,18H,5-6,11-13H2,1H3. The van der Waals surface area contributed by atoms with E-state index in [9.17, 15) is 9.59 Å². The van der Waals surface area contributed by atoms with Gasteiger partial charge < -0.3 is 5.32 Å². The van der Waals surface area contributed by atoms with Crippen LogP contribution in [0.1, 0.15) is 25.3 Å². The van der Waals surface area contributed by atoms with Crippen molar-refractivity contribution in [3.63, 3.8) is 0 Å². The molecule has 0 radical (unpaired) electrons. The minimum absolute atomic E-state index is 0.189. The quantitative estimate of drug-likeness (QED) is 0.586. The van der Waals surface area contributed by atoms with E-state index in [-0.39, 0.29) is 11.8 Å². The largest absolute Gasteiger partial charge is 0.314 e. The van der Waals surface area contributed by atoms with E-state index in [0.717, 1.165) is 25.8 Å². The Bertz CT molecular complexity index is 493. The van der Waals surface area contributed by atoms with Crippen LogP contribution in [0.3, 0.4) is 0 Å². The molecule has 0 aliphatic carbocycles. The van der Waals surface area contributed by atoms with Crippen molar-refractivity contribution in [2.24, 2.45) is 0 Å². The van der Waals surface area contributed by atoms with Gasteiger partial charge in [-0.2, -0.15) is 0 Å². The van der Waals surface area contributed by atoms with E-state index in [0.29, 0.717) is 12.6 Å². The SMILES string of the molecule is CC(Cc1ccccc1)NCCCCN1C(=O)C=CC1=O. The van der Waals surface area contributed by atoms with Crippen molar-refractivity contribution >= 4 is 11.8 Å². The summed E-state index contributed by atoms with van der Waals surface area (Å²) in [7, 11) is 0. The minimum Gasteiger partial charge on any atom is -0.314 e. The van der Waals surface area contributed by atoms with Gasteiger partial charge >= 0.3 is 0 Å². The summed E-state index contributed by atoms with van der Waals surface area (Å²) in [5.41, 5.74) is 1.33. The lowest BCUT2D eigenvalue weighted by atomic mass is 10.1. The molecular weight excluding hydrogens is 264 g/mol. The average molecular weight is 286 g/mol. The maximum atomic E-state index is 11.4. The van der Waals surface area contributed by atoms with Gasteiger partial charge in [0.2, 0.25) is 0 Å². The molecule has 0 bridgehead atoms. The lowest BCUT2D eigenvalue weighted by Gasteiger charge is -2.16. The Morgan fingerprint density at radius 1 is 1.05 bits per heavy atom. The number of carbonyl (C=O) groups is 2. The summed E-state index contributed by atoms with van der Waals surface area (Å²) >= 11 is 0. The van der Waals surface area contributed by atoms with Crippen LogP contribution in [0.15, 0.2) is 42.5 Å². The average Bonchev–Trinajstić information content (AvgIpc) is 2.79. The summed E-state index contributed by atoms with van der Waals surface area (Å²) in [4.78, 5) is 24.0. The third kappa shape index (κ3) is 4.83. The van der Waals surface area contributed by atoms with E-state index in [2.05, 4.69) is 36.5 Å². The van der Waals surface area contributed by atoms with Crippen molar-refractivity contribution in [3.05, 3.63) is 48.0 Å². The van der Waals surface area contributed by atoms with E-state index >= 15 is 0 Å². The van der Waals surface area contributed by atoms with Crippen molar-refractivity contribution in [2.75, 3.05) is 13.1 Å². The van der Waals surface area contributed by atoms with Gasteiger partial charge in [-0.3, -0.25) is 14.5 Å². The zero-order chi connectivity index (χ0) is 15.1. The molecule has 21 heavy (non-hydrogen) atoms. The number of benzene rings is 1. The number of unbranched alkanes of at least 4 members (excludes halogenated alkanes) is 1. The molecule has 0 aromatic heterocycles. The zero-order valence-electron chi connectivity index (χ0n) is 12.4. The smallest absolute Gasteiger partial charge is 0.253 e. The first-order valence-electron chi connectivity index (χ1n) is 7.47. The van der Waals surface area contributed by atoms with Crippen molar-refractivity contribution in [1.82, 2.24) is 10.2 Å². The van der Waals surface area contributed by atoms with Crippen LogP contribution in [0, 0.1) is 0 Å². The fourth-order valence-electron chi connectivity index (χ4n) is 2.43. The molecule has 1 aliphatic rings. The molecule has 0 fully saturated rings. The Morgan fingerprint density at radius 2 is 1.71 bits per heavy atom. The van der Waals surface area contributed by atoms with Gasteiger partial charge in [0.25, 0.3) is 11.8 Å². The number of hydrogen-bond donors (Lipinski definition) is 1. The fraction of sp³-hybridized carbons (Fsp3) is 0.412. The molecule has 0 saturated heterocycles. The molecule has 2 rings (SSSR count). The van der Waals surface area contributed by atoms with Gasteiger partial charge in [-0.15, -0.1) is 0 Å². The maximum Gasteiger partial charge on any atom is 0.253 e. The lowest BCUT2D eigenvalue weighted by Crippen LogP contribution is -2.32. The molecule has 112 valence electrons. The number of hydrogen-bond acceptors (Lipinski definition) is 3. The highest BCUT2D eigenvalue weighted by atomic mass is 16.2. The normalized spacial score (nSPS) is 15.8. The molecule has 1 aromatic rings. The van der Waals surface area contributed by atoms with Crippen LogP contribution in [0.4, 0.5) is 0 Å². The Morgan fingerprint density at radius 3 is 2.38 bits per heavy atom. The third-order valence-electron chi connectivity index (χ3n) is 3.59. The molecule has 1 aromatic carbocycles. The fourth-order valence-corrected chi connectivity index (χ4v) is 2.43. The van der Waals surface area contributed by atoms with Crippen LogP contribution in [0.25, 0.3) is 0 Å². The Hall–Kier alpha value is -1.94. The monoisotopic (exact) mass is 286 g/mol. The predicted octanol–water partition coefficient (Wildman–Crippen LogP) is 1.91. The van der Waals surface area contributed by atoms with E-state index in [1.54, 1.807) is 0 Å². The summed E-state index contributed by atoms with van der Waals surface area (Å²) in [6.45, 7) is 3.58. The number of carbonyl (C=O) groups excluding carboxylic acids is 2. The van der Waals surface area contributed by atoms with Crippen LogP contribution in [0.5, 0.6) is 0 Å². The van der Waals surface area contributed by atoms with Crippen LogP contribution >= 0.6 is 0 Å². The van der Waals surface area contributed by atoms with Crippen molar-refractivity contribution in [3.8, 4) is 0 Å². The zero-order valence-corrected chi connectivity index (χ0v) is 12.4. The summed E-state index contributed by atoms with van der Waals surface area (Å²) in [5.74, 6) is -0.379. The van der Waals surface area contributed by atoms with Crippen LogP contribution < -0.4 is 5.32 Å². The molecule has 1 N–H and O–H groups in total. The lowest BCUT2D eigenvalue weighted by molar-refractivity contribution is -0.136. The molecule has 0 spiro atoms. The Kier molecular flexibility index (Phi) is 5.69. The molecule has 1 unspecified atom stereocenters. The van der Waals surface area contributed by atoms with Gasteiger partial charge in [0.1, 0.15) is 0 Å². The van der Waals surface area contributed by atoms with Crippen molar-refractivity contribution in [1.29, 1.82) is 0 Å². The summed E-state index contributed by atoms with van der Waals surface area (Å²) in [6.07, 6.45) is 5.47. The highest BCUT2D eigenvalue weighted by Crippen LogP contribution is 2.06. The molecule has 4 nitrogen and oxygen atoms in total. The second-order valence-corrected chi connectivity index (χ2v) is 5.41. The first kappa shape index (κ1) is 15.4. The Balaban J connectivity index is 1.57.